The van der Waals surface area contributed by atoms with E-state index in [1.54, 1.807) is 14.2 Å². The van der Waals surface area contributed by atoms with Crippen LogP contribution in [0.4, 0.5) is 0 Å². The van der Waals surface area contributed by atoms with E-state index in [4.69, 9.17) is 26.2 Å². The lowest BCUT2D eigenvalue weighted by atomic mass is 10.1. The van der Waals surface area contributed by atoms with E-state index in [1.165, 1.54) is 0 Å². The highest BCUT2D eigenvalue weighted by atomic mass is 35.5. The normalized spacial score (nSPS) is 10.7. The maximum Gasteiger partial charge on any atom is 0.119 e. The molecule has 0 atom stereocenters. The van der Waals surface area contributed by atoms with Crippen molar-refractivity contribution in [2.45, 2.75) is 0 Å². The molecule has 0 amide bonds. The number of hydrogen-bond acceptors (Lipinski definition) is 3. The number of benzene rings is 3. The van der Waals surface area contributed by atoms with Crippen molar-refractivity contribution in [3.05, 3.63) is 83.9 Å². The van der Waals surface area contributed by atoms with E-state index in [-0.39, 0.29) is 0 Å². The van der Waals surface area contributed by atoms with Gasteiger partial charge in [0.15, 0.2) is 0 Å². The molecule has 28 heavy (non-hydrogen) atoms. The molecule has 0 saturated heterocycles. The summed E-state index contributed by atoms with van der Waals surface area (Å²) in [6.45, 7) is 0. The fourth-order valence-corrected chi connectivity index (χ4v) is 3.28. The fourth-order valence-electron chi connectivity index (χ4n) is 3.10. The van der Waals surface area contributed by atoms with Gasteiger partial charge in [-0.2, -0.15) is 5.10 Å². The van der Waals surface area contributed by atoms with Crippen molar-refractivity contribution < 1.29 is 9.47 Å². The van der Waals surface area contributed by atoms with Crippen molar-refractivity contribution in [2.24, 2.45) is 0 Å². The van der Waals surface area contributed by atoms with Gasteiger partial charge in [-0.3, -0.25) is 0 Å². The number of halogens is 1. The molecule has 4 rings (SSSR count). The van der Waals surface area contributed by atoms with E-state index in [9.17, 15) is 0 Å². The third-order valence-corrected chi connectivity index (χ3v) is 4.73. The van der Waals surface area contributed by atoms with Crippen LogP contribution in [-0.4, -0.2) is 24.0 Å². The van der Waals surface area contributed by atoms with Gasteiger partial charge < -0.3 is 9.47 Å². The van der Waals surface area contributed by atoms with E-state index >= 15 is 0 Å². The number of ether oxygens (including phenoxy) is 2. The molecule has 0 aliphatic rings. The Morgan fingerprint density at radius 1 is 0.750 bits per heavy atom. The Morgan fingerprint density at radius 2 is 1.39 bits per heavy atom. The van der Waals surface area contributed by atoms with Gasteiger partial charge in [0, 0.05) is 16.1 Å². The molecule has 1 aromatic heterocycles. The molecule has 140 valence electrons. The molecule has 0 saturated carbocycles. The van der Waals surface area contributed by atoms with Gasteiger partial charge in [-0.15, -0.1) is 0 Å². The molecule has 0 fully saturated rings. The van der Waals surface area contributed by atoms with Crippen LogP contribution in [0.1, 0.15) is 0 Å². The third-order valence-electron chi connectivity index (χ3n) is 4.49. The molecule has 5 heteroatoms. The van der Waals surface area contributed by atoms with Gasteiger partial charge >= 0.3 is 0 Å². The van der Waals surface area contributed by atoms with Gasteiger partial charge in [-0.1, -0.05) is 41.9 Å². The summed E-state index contributed by atoms with van der Waals surface area (Å²) >= 11 is 6.23. The number of hydrogen-bond donors (Lipinski definition) is 0. The SMILES string of the molecule is COc1cccc(-c2cc(-c3cccc(OC)c3)n(-c3cccc(Cl)c3)n2)c1. The third kappa shape index (κ3) is 3.59. The van der Waals surface area contributed by atoms with Crippen LogP contribution in [0, 0.1) is 0 Å². The maximum atomic E-state index is 6.23. The molecule has 4 aromatic rings. The van der Waals surface area contributed by atoms with Crippen LogP contribution < -0.4 is 9.47 Å². The van der Waals surface area contributed by atoms with E-state index < -0.39 is 0 Å². The summed E-state index contributed by atoms with van der Waals surface area (Å²) in [6.07, 6.45) is 0. The number of aromatic nitrogens is 2. The van der Waals surface area contributed by atoms with E-state index in [1.807, 2.05) is 77.5 Å². The molecular formula is C23H19ClN2O2. The predicted octanol–water partition coefficient (Wildman–Crippen LogP) is 5.88. The first kappa shape index (κ1) is 18.1. The Kier molecular flexibility index (Phi) is 5.04. The van der Waals surface area contributed by atoms with Gasteiger partial charge in [-0.05, 0) is 48.5 Å². The molecule has 0 radical (unpaired) electrons. The topological polar surface area (TPSA) is 36.3 Å². The average Bonchev–Trinajstić information content (AvgIpc) is 3.19. The maximum absolute atomic E-state index is 6.23. The van der Waals surface area contributed by atoms with E-state index in [0.717, 1.165) is 39.7 Å². The summed E-state index contributed by atoms with van der Waals surface area (Å²) in [5.74, 6) is 1.58. The standard InChI is InChI=1S/C23H19ClN2O2/c1-27-20-10-3-6-16(12-20)22-15-23(17-7-4-11-21(13-17)28-2)26(25-22)19-9-5-8-18(24)14-19/h3-15H,1-2H3. The minimum Gasteiger partial charge on any atom is -0.497 e. The molecule has 0 bridgehead atoms. The Labute approximate surface area is 168 Å². The lowest BCUT2D eigenvalue weighted by molar-refractivity contribution is 0.415. The van der Waals surface area contributed by atoms with Crippen LogP contribution in [0.3, 0.4) is 0 Å². The average molecular weight is 391 g/mol. The number of rotatable bonds is 5. The molecule has 0 unspecified atom stereocenters. The molecular weight excluding hydrogens is 372 g/mol. The second-order valence-electron chi connectivity index (χ2n) is 6.27. The minimum absolute atomic E-state index is 0.660. The largest absolute Gasteiger partial charge is 0.497 e. The minimum atomic E-state index is 0.660. The van der Waals surface area contributed by atoms with Gasteiger partial charge in [-0.25, -0.2) is 4.68 Å². The van der Waals surface area contributed by atoms with Crippen LogP contribution in [0.2, 0.25) is 5.02 Å². The Bertz CT molecular complexity index is 1120. The van der Waals surface area contributed by atoms with Crippen LogP contribution >= 0.6 is 11.6 Å². The van der Waals surface area contributed by atoms with Crippen molar-refractivity contribution in [3.63, 3.8) is 0 Å². The van der Waals surface area contributed by atoms with Gasteiger partial charge in [0.1, 0.15) is 11.5 Å². The van der Waals surface area contributed by atoms with Crippen molar-refractivity contribution in [2.75, 3.05) is 14.2 Å². The molecule has 4 nitrogen and oxygen atoms in total. The number of nitrogens with zero attached hydrogens (tertiary/aromatic N) is 2. The fraction of sp³-hybridized carbons (Fsp3) is 0.0870. The number of methoxy groups -OCH3 is 2. The first-order valence-corrected chi connectivity index (χ1v) is 9.20. The van der Waals surface area contributed by atoms with Crippen LogP contribution in [0.15, 0.2) is 78.9 Å². The Balaban J connectivity index is 1.91. The van der Waals surface area contributed by atoms with Crippen molar-refractivity contribution >= 4 is 11.6 Å². The quantitative estimate of drug-likeness (QED) is 0.427. The van der Waals surface area contributed by atoms with Crippen LogP contribution in [0.25, 0.3) is 28.2 Å². The zero-order chi connectivity index (χ0) is 19.5. The highest BCUT2D eigenvalue weighted by molar-refractivity contribution is 6.30. The summed E-state index contributed by atoms with van der Waals surface area (Å²) < 4.78 is 12.7. The van der Waals surface area contributed by atoms with Gasteiger partial charge in [0.25, 0.3) is 0 Å². The van der Waals surface area contributed by atoms with Gasteiger partial charge in [0.2, 0.25) is 0 Å². The second kappa shape index (κ2) is 7.79. The van der Waals surface area contributed by atoms with E-state index in [0.29, 0.717) is 5.02 Å². The molecule has 1 heterocycles. The summed E-state index contributed by atoms with van der Waals surface area (Å²) in [4.78, 5) is 0. The summed E-state index contributed by atoms with van der Waals surface area (Å²) in [6, 6.07) is 25.5. The predicted molar refractivity (Wildman–Crippen MR) is 113 cm³/mol. The summed E-state index contributed by atoms with van der Waals surface area (Å²) in [7, 11) is 3.32. The molecule has 0 aliphatic carbocycles. The van der Waals surface area contributed by atoms with Crippen LogP contribution in [-0.2, 0) is 0 Å². The molecule has 0 N–H and O–H groups in total. The van der Waals surface area contributed by atoms with Crippen molar-refractivity contribution in [1.29, 1.82) is 0 Å². The monoisotopic (exact) mass is 390 g/mol. The summed E-state index contributed by atoms with van der Waals surface area (Å²) in [5, 5.41) is 5.52. The van der Waals surface area contributed by atoms with E-state index in [2.05, 4.69) is 6.07 Å². The van der Waals surface area contributed by atoms with Crippen molar-refractivity contribution in [3.8, 4) is 39.7 Å². The second-order valence-corrected chi connectivity index (χ2v) is 6.71. The first-order valence-electron chi connectivity index (χ1n) is 8.83. The lowest BCUT2D eigenvalue weighted by Gasteiger charge is -2.09. The Hall–Kier alpha value is -3.24. The smallest absolute Gasteiger partial charge is 0.119 e. The first-order chi connectivity index (χ1) is 13.7. The zero-order valence-corrected chi connectivity index (χ0v) is 16.4. The molecule has 0 spiro atoms. The highest BCUT2D eigenvalue weighted by Gasteiger charge is 2.14. The molecule has 0 aliphatic heterocycles. The Morgan fingerprint density at radius 3 is 2.07 bits per heavy atom. The van der Waals surface area contributed by atoms with Gasteiger partial charge in [0.05, 0.1) is 31.3 Å². The highest BCUT2D eigenvalue weighted by Crippen LogP contribution is 2.32. The zero-order valence-electron chi connectivity index (χ0n) is 15.6. The lowest BCUT2D eigenvalue weighted by Crippen LogP contribution is -1.99. The summed E-state index contributed by atoms with van der Waals surface area (Å²) in [5.41, 5.74) is 4.65. The van der Waals surface area contributed by atoms with Crippen molar-refractivity contribution in [1.82, 2.24) is 9.78 Å². The molecule has 3 aromatic carbocycles. The van der Waals surface area contributed by atoms with Crippen LogP contribution in [0.5, 0.6) is 11.5 Å².